The van der Waals surface area contributed by atoms with E-state index >= 15 is 0 Å². The number of hydrogen-bond acceptors (Lipinski definition) is 3. The molecule has 0 aliphatic carbocycles. The molecule has 0 aromatic rings. The van der Waals surface area contributed by atoms with Crippen LogP contribution in [0.2, 0.25) is 0 Å². The smallest absolute Gasteiger partial charge is 0.0523 e. The summed E-state index contributed by atoms with van der Waals surface area (Å²) in [5.74, 6) is 0. The van der Waals surface area contributed by atoms with E-state index in [4.69, 9.17) is 17.3 Å². The lowest BCUT2D eigenvalue weighted by molar-refractivity contribution is 0.315. The largest absolute Gasteiger partial charge is 0.329 e. The summed E-state index contributed by atoms with van der Waals surface area (Å²) in [6.07, 6.45) is 1.86. The fourth-order valence-electron chi connectivity index (χ4n) is 0.720. The summed E-state index contributed by atoms with van der Waals surface area (Å²) in [5.41, 5.74) is 8.34. The van der Waals surface area contributed by atoms with E-state index in [0.29, 0.717) is 6.54 Å². The van der Waals surface area contributed by atoms with Gasteiger partial charge in [0, 0.05) is 19.3 Å². The van der Waals surface area contributed by atoms with Crippen molar-refractivity contribution in [2.45, 2.75) is 0 Å². The number of hydrazine groups is 1. The predicted molar refractivity (Wildman–Crippen MR) is 37.7 cm³/mol. The molecule has 0 aromatic heterocycles. The Morgan fingerprint density at radius 2 is 2.67 bits per heavy atom. The first-order valence-electron chi connectivity index (χ1n) is 2.89. The third-order valence-electron chi connectivity index (χ3n) is 1.12. The molecule has 0 bridgehead atoms. The normalized spacial score (nSPS) is 18.4. The lowest BCUT2D eigenvalue weighted by Gasteiger charge is -2.12. The SMILES string of the molecule is NCCN1C=C(Cl)CN1. The van der Waals surface area contributed by atoms with Crippen LogP contribution in [0.5, 0.6) is 0 Å². The van der Waals surface area contributed by atoms with Crippen molar-refractivity contribution in [2.24, 2.45) is 5.73 Å². The highest BCUT2D eigenvalue weighted by Gasteiger charge is 2.06. The van der Waals surface area contributed by atoms with Crippen LogP contribution in [0.3, 0.4) is 0 Å². The maximum Gasteiger partial charge on any atom is 0.0523 e. The Balaban J connectivity index is 2.29. The Bertz CT molecular complexity index is 123. The minimum atomic E-state index is 0.646. The van der Waals surface area contributed by atoms with Crippen molar-refractivity contribution in [2.75, 3.05) is 19.6 Å². The molecule has 0 saturated carbocycles. The average Bonchev–Trinajstić information content (AvgIpc) is 2.17. The highest BCUT2D eigenvalue weighted by Crippen LogP contribution is 2.06. The lowest BCUT2D eigenvalue weighted by Crippen LogP contribution is -2.33. The van der Waals surface area contributed by atoms with Crippen LogP contribution in [0, 0.1) is 0 Å². The zero-order chi connectivity index (χ0) is 6.69. The molecule has 4 heteroatoms. The van der Waals surface area contributed by atoms with E-state index in [9.17, 15) is 0 Å². The summed E-state index contributed by atoms with van der Waals surface area (Å²) in [6.45, 7) is 2.20. The molecule has 3 N–H and O–H groups in total. The second-order valence-electron chi connectivity index (χ2n) is 1.89. The van der Waals surface area contributed by atoms with Crippen molar-refractivity contribution < 1.29 is 0 Å². The van der Waals surface area contributed by atoms with E-state index < -0.39 is 0 Å². The average molecular weight is 148 g/mol. The van der Waals surface area contributed by atoms with Gasteiger partial charge in [-0.25, -0.2) is 5.43 Å². The van der Waals surface area contributed by atoms with Gasteiger partial charge in [0.25, 0.3) is 0 Å². The van der Waals surface area contributed by atoms with Gasteiger partial charge < -0.3 is 10.7 Å². The molecule has 1 heterocycles. The van der Waals surface area contributed by atoms with Gasteiger partial charge in [-0.15, -0.1) is 0 Å². The summed E-state index contributed by atoms with van der Waals surface area (Å²) < 4.78 is 0. The first kappa shape index (κ1) is 6.86. The van der Waals surface area contributed by atoms with Crippen LogP contribution in [0.15, 0.2) is 11.2 Å². The van der Waals surface area contributed by atoms with Gasteiger partial charge in [-0.3, -0.25) is 0 Å². The number of halogens is 1. The molecule has 0 saturated heterocycles. The topological polar surface area (TPSA) is 41.3 Å². The molecule has 1 aliphatic rings. The molecule has 0 fully saturated rings. The predicted octanol–water partition coefficient (Wildman–Crippen LogP) is -0.155. The fraction of sp³-hybridized carbons (Fsp3) is 0.600. The Morgan fingerprint density at radius 3 is 3.11 bits per heavy atom. The van der Waals surface area contributed by atoms with Crippen LogP contribution in [-0.4, -0.2) is 24.6 Å². The maximum atomic E-state index is 5.66. The molecule has 0 aromatic carbocycles. The second-order valence-corrected chi connectivity index (χ2v) is 2.38. The summed E-state index contributed by atoms with van der Waals surface area (Å²) in [5, 5.41) is 2.73. The van der Waals surface area contributed by atoms with Crippen molar-refractivity contribution in [1.82, 2.24) is 10.4 Å². The molecule has 0 radical (unpaired) electrons. The van der Waals surface area contributed by atoms with Crippen molar-refractivity contribution in [3.8, 4) is 0 Å². The minimum Gasteiger partial charge on any atom is -0.329 e. The third kappa shape index (κ3) is 1.86. The first-order chi connectivity index (χ1) is 4.33. The van der Waals surface area contributed by atoms with Crippen LogP contribution in [0.25, 0.3) is 0 Å². The Kier molecular flexibility index (Phi) is 2.33. The van der Waals surface area contributed by atoms with E-state index in [0.717, 1.165) is 18.1 Å². The lowest BCUT2D eigenvalue weighted by atomic mass is 10.6. The molecular formula is C5H10ClN3. The highest BCUT2D eigenvalue weighted by molar-refractivity contribution is 6.29. The van der Waals surface area contributed by atoms with Gasteiger partial charge in [0.15, 0.2) is 0 Å². The van der Waals surface area contributed by atoms with Crippen LogP contribution in [0.1, 0.15) is 0 Å². The molecule has 52 valence electrons. The first-order valence-corrected chi connectivity index (χ1v) is 3.27. The number of nitrogens with zero attached hydrogens (tertiary/aromatic N) is 1. The van der Waals surface area contributed by atoms with Crippen molar-refractivity contribution in [3.63, 3.8) is 0 Å². The van der Waals surface area contributed by atoms with E-state index in [-0.39, 0.29) is 0 Å². The van der Waals surface area contributed by atoms with E-state index in [2.05, 4.69) is 5.43 Å². The van der Waals surface area contributed by atoms with E-state index in [1.807, 2.05) is 11.2 Å². The summed E-state index contributed by atoms with van der Waals surface area (Å²) >= 11 is 5.66. The molecule has 1 aliphatic heterocycles. The van der Waals surface area contributed by atoms with Gasteiger partial charge in [0.1, 0.15) is 0 Å². The fourth-order valence-corrected chi connectivity index (χ4v) is 0.898. The van der Waals surface area contributed by atoms with E-state index in [1.54, 1.807) is 0 Å². The standard InChI is InChI=1S/C5H10ClN3/c6-5-3-8-9(4-5)2-1-7/h4,8H,1-3,7H2. The summed E-state index contributed by atoms with van der Waals surface area (Å²) in [6, 6.07) is 0. The van der Waals surface area contributed by atoms with Crippen LogP contribution in [-0.2, 0) is 0 Å². The number of nitrogens with two attached hydrogens (primary N) is 1. The van der Waals surface area contributed by atoms with Gasteiger partial charge in [0.05, 0.1) is 11.6 Å². The van der Waals surface area contributed by atoms with Gasteiger partial charge in [-0.05, 0) is 0 Å². The molecule has 0 spiro atoms. The molecule has 1 rings (SSSR count). The van der Waals surface area contributed by atoms with Gasteiger partial charge in [-0.2, -0.15) is 0 Å². The van der Waals surface area contributed by atoms with Crippen molar-refractivity contribution >= 4 is 11.6 Å². The molecule has 3 nitrogen and oxygen atoms in total. The number of nitrogens with one attached hydrogen (secondary N) is 1. The zero-order valence-electron chi connectivity index (χ0n) is 5.10. The van der Waals surface area contributed by atoms with Crippen LogP contribution >= 0.6 is 11.6 Å². The summed E-state index contributed by atoms with van der Waals surface area (Å²) in [7, 11) is 0. The number of rotatable bonds is 2. The highest BCUT2D eigenvalue weighted by atomic mass is 35.5. The van der Waals surface area contributed by atoms with Gasteiger partial charge in [-0.1, -0.05) is 11.6 Å². The number of hydrogen-bond donors (Lipinski definition) is 2. The monoisotopic (exact) mass is 147 g/mol. The quantitative estimate of drug-likeness (QED) is 0.571. The maximum absolute atomic E-state index is 5.66. The third-order valence-corrected chi connectivity index (χ3v) is 1.35. The molecule has 0 amide bonds. The molecule has 9 heavy (non-hydrogen) atoms. The minimum absolute atomic E-state index is 0.646. The zero-order valence-corrected chi connectivity index (χ0v) is 5.86. The molecule has 0 unspecified atom stereocenters. The Morgan fingerprint density at radius 1 is 1.89 bits per heavy atom. The Labute approximate surface area is 59.4 Å². The Hall–Kier alpha value is -0.250. The van der Waals surface area contributed by atoms with Crippen molar-refractivity contribution in [3.05, 3.63) is 11.2 Å². The van der Waals surface area contributed by atoms with Gasteiger partial charge in [0.2, 0.25) is 0 Å². The van der Waals surface area contributed by atoms with Crippen LogP contribution in [0.4, 0.5) is 0 Å². The molecular weight excluding hydrogens is 138 g/mol. The second kappa shape index (κ2) is 3.06. The molecule has 0 atom stereocenters. The van der Waals surface area contributed by atoms with Crippen LogP contribution < -0.4 is 11.2 Å². The van der Waals surface area contributed by atoms with Gasteiger partial charge >= 0.3 is 0 Å². The summed E-state index contributed by atoms with van der Waals surface area (Å²) in [4.78, 5) is 0. The van der Waals surface area contributed by atoms with Crippen molar-refractivity contribution in [1.29, 1.82) is 0 Å². The van der Waals surface area contributed by atoms with E-state index in [1.165, 1.54) is 0 Å².